The van der Waals surface area contributed by atoms with Gasteiger partial charge in [0.1, 0.15) is 0 Å². The lowest BCUT2D eigenvalue weighted by Crippen LogP contribution is -2.50. The van der Waals surface area contributed by atoms with E-state index in [9.17, 15) is 13.2 Å². The van der Waals surface area contributed by atoms with Crippen molar-refractivity contribution >= 4 is 31.9 Å². The molecule has 0 saturated carbocycles. The van der Waals surface area contributed by atoms with E-state index in [1.165, 1.54) is 4.31 Å². The van der Waals surface area contributed by atoms with Crippen LogP contribution in [0.2, 0.25) is 0 Å². The SMILES string of the molecule is CC(C)c1ccc(S(=O)(=O)N2CCN(C(=O)c3cccc(Br)c3)CC2)cc1. The van der Waals surface area contributed by atoms with Gasteiger partial charge in [0.25, 0.3) is 5.91 Å². The summed E-state index contributed by atoms with van der Waals surface area (Å²) in [6.45, 7) is 5.52. The third-order valence-corrected chi connectivity index (χ3v) is 7.19. The van der Waals surface area contributed by atoms with Gasteiger partial charge in [0.2, 0.25) is 10.0 Å². The zero-order valence-electron chi connectivity index (χ0n) is 15.4. The molecular weight excluding hydrogens is 428 g/mol. The number of sulfonamides is 1. The first-order valence-electron chi connectivity index (χ1n) is 8.94. The molecule has 1 fully saturated rings. The monoisotopic (exact) mass is 450 g/mol. The number of benzene rings is 2. The minimum atomic E-state index is -3.54. The highest BCUT2D eigenvalue weighted by Gasteiger charge is 2.30. The number of piperazine rings is 1. The fraction of sp³-hybridized carbons (Fsp3) is 0.350. The van der Waals surface area contributed by atoms with Crippen molar-refractivity contribution in [1.82, 2.24) is 9.21 Å². The molecule has 0 spiro atoms. The number of carbonyl (C=O) groups excluding carboxylic acids is 1. The summed E-state index contributed by atoms with van der Waals surface area (Å²) in [6, 6.07) is 14.3. The van der Waals surface area contributed by atoms with Gasteiger partial charge in [-0.25, -0.2) is 8.42 Å². The fourth-order valence-corrected chi connectivity index (χ4v) is 4.93. The van der Waals surface area contributed by atoms with Crippen molar-refractivity contribution in [2.45, 2.75) is 24.7 Å². The van der Waals surface area contributed by atoms with Crippen LogP contribution in [0.4, 0.5) is 0 Å². The molecule has 1 amide bonds. The van der Waals surface area contributed by atoms with Gasteiger partial charge in [-0.2, -0.15) is 4.31 Å². The summed E-state index contributed by atoms with van der Waals surface area (Å²) in [5.74, 6) is 0.281. The summed E-state index contributed by atoms with van der Waals surface area (Å²) in [7, 11) is -3.54. The number of hydrogen-bond acceptors (Lipinski definition) is 3. The van der Waals surface area contributed by atoms with Gasteiger partial charge in [-0.15, -0.1) is 0 Å². The zero-order valence-corrected chi connectivity index (χ0v) is 17.8. The largest absolute Gasteiger partial charge is 0.336 e. The molecule has 0 atom stereocenters. The van der Waals surface area contributed by atoms with E-state index in [2.05, 4.69) is 29.8 Å². The van der Waals surface area contributed by atoms with E-state index in [0.29, 0.717) is 42.6 Å². The second kappa shape index (κ2) is 8.12. The highest BCUT2D eigenvalue weighted by Crippen LogP contribution is 2.22. The number of halogens is 1. The Labute approximate surface area is 169 Å². The topological polar surface area (TPSA) is 57.7 Å². The molecule has 0 N–H and O–H groups in total. The second-order valence-electron chi connectivity index (χ2n) is 6.93. The Morgan fingerprint density at radius 1 is 1.00 bits per heavy atom. The first-order valence-corrected chi connectivity index (χ1v) is 11.2. The van der Waals surface area contributed by atoms with E-state index in [1.54, 1.807) is 29.2 Å². The van der Waals surface area contributed by atoms with Crippen molar-refractivity contribution in [3.8, 4) is 0 Å². The van der Waals surface area contributed by atoms with Crippen molar-refractivity contribution in [2.75, 3.05) is 26.2 Å². The Kier molecular flexibility index (Phi) is 6.03. The fourth-order valence-electron chi connectivity index (χ4n) is 3.11. The molecule has 144 valence electrons. The average molecular weight is 451 g/mol. The molecule has 1 aliphatic rings. The van der Waals surface area contributed by atoms with Gasteiger partial charge >= 0.3 is 0 Å². The summed E-state index contributed by atoms with van der Waals surface area (Å²) >= 11 is 3.37. The van der Waals surface area contributed by atoms with Crippen LogP contribution in [0, 0.1) is 0 Å². The Morgan fingerprint density at radius 3 is 2.19 bits per heavy atom. The molecule has 2 aromatic carbocycles. The molecule has 1 heterocycles. The molecule has 0 bridgehead atoms. The smallest absolute Gasteiger partial charge is 0.253 e. The summed E-state index contributed by atoms with van der Waals surface area (Å²) < 4.78 is 28.1. The quantitative estimate of drug-likeness (QED) is 0.712. The van der Waals surface area contributed by atoms with Crippen molar-refractivity contribution in [3.63, 3.8) is 0 Å². The number of carbonyl (C=O) groups is 1. The predicted molar refractivity (Wildman–Crippen MR) is 109 cm³/mol. The third-order valence-electron chi connectivity index (χ3n) is 4.78. The highest BCUT2D eigenvalue weighted by molar-refractivity contribution is 9.10. The van der Waals surface area contributed by atoms with Crippen LogP contribution < -0.4 is 0 Å². The highest BCUT2D eigenvalue weighted by atomic mass is 79.9. The van der Waals surface area contributed by atoms with Gasteiger partial charge < -0.3 is 4.90 Å². The summed E-state index contributed by atoms with van der Waals surface area (Å²) in [5.41, 5.74) is 1.71. The normalized spacial score (nSPS) is 15.9. The predicted octanol–water partition coefficient (Wildman–Crippen LogP) is 3.72. The van der Waals surface area contributed by atoms with Gasteiger partial charge in [-0.05, 0) is 41.8 Å². The van der Waals surface area contributed by atoms with Crippen molar-refractivity contribution in [2.24, 2.45) is 0 Å². The first-order chi connectivity index (χ1) is 12.8. The van der Waals surface area contributed by atoms with E-state index in [4.69, 9.17) is 0 Å². The second-order valence-corrected chi connectivity index (χ2v) is 9.78. The molecular formula is C20H23BrN2O3S. The van der Waals surface area contributed by atoms with Gasteiger partial charge in [-0.1, -0.05) is 48.0 Å². The van der Waals surface area contributed by atoms with Crippen LogP contribution in [0.25, 0.3) is 0 Å². The molecule has 1 saturated heterocycles. The minimum Gasteiger partial charge on any atom is -0.336 e. The van der Waals surface area contributed by atoms with Gasteiger partial charge in [0.05, 0.1) is 4.90 Å². The Bertz CT molecular complexity index is 918. The Balaban J connectivity index is 1.68. The van der Waals surface area contributed by atoms with Crippen LogP contribution in [0.1, 0.15) is 35.7 Å². The van der Waals surface area contributed by atoms with E-state index < -0.39 is 10.0 Å². The maximum absolute atomic E-state index is 12.9. The van der Waals surface area contributed by atoms with Crippen LogP contribution in [0.5, 0.6) is 0 Å². The molecule has 0 radical (unpaired) electrons. The maximum atomic E-state index is 12.9. The van der Waals surface area contributed by atoms with Crippen LogP contribution in [0.3, 0.4) is 0 Å². The number of hydrogen-bond donors (Lipinski definition) is 0. The summed E-state index contributed by atoms with van der Waals surface area (Å²) in [6.07, 6.45) is 0. The Hall–Kier alpha value is -1.70. The van der Waals surface area contributed by atoms with Crippen LogP contribution in [0.15, 0.2) is 57.9 Å². The Morgan fingerprint density at radius 2 is 1.63 bits per heavy atom. The van der Waals surface area contributed by atoms with Crippen molar-refractivity contribution in [1.29, 1.82) is 0 Å². The zero-order chi connectivity index (χ0) is 19.6. The molecule has 0 unspecified atom stereocenters. The van der Waals surface area contributed by atoms with E-state index in [1.807, 2.05) is 24.3 Å². The minimum absolute atomic E-state index is 0.0744. The lowest BCUT2D eigenvalue weighted by Gasteiger charge is -2.34. The average Bonchev–Trinajstić information content (AvgIpc) is 2.67. The van der Waals surface area contributed by atoms with Crippen LogP contribution in [-0.2, 0) is 10.0 Å². The van der Waals surface area contributed by atoms with Crippen LogP contribution in [-0.4, -0.2) is 49.7 Å². The van der Waals surface area contributed by atoms with E-state index in [0.717, 1.165) is 10.0 Å². The molecule has 0 aromatic heterocycles. The standard InChI is InChI=1S/C20H23BrN2O3S/c1-15(2)16-6-8-19(9-7-16)27(25,26)23-12-10-22(11-13-23)20(24)17-4-3-5-18(21)14-17/h3-9,14-15H,10-13H2,1-2H3. The van der Waals surface area contributed by atoms with Crippen molar-refractivity contribution in [3.05, 3.63) is 64.1 Å². The lowest BCUT2D eigenvalue weighted by atomic mass is 10.0. The first kappa shape index (κ1) is 20.0. The molecule has 27 heavy (non-hydrogen) atoms. The lowest BCUT2D eigenvalue weighted by molar-refractivity contribution is 0.0698. The van der Waals surface area contributed by atoms with E-state index in [-0.39, 0.29) is 5.91 Å². The molecule has 5 nitrogen and oxygen atoms in total. The van der Waals surface area contributed by atoms with E-state index >= 15 is 0 Å². The summed E-state index contributed by atoms with van der Waals surface area (Å²) in [5, 5.41) is 0. The maximum Gasteiger partial charge on any atom is 0.253 e. The third kappa shape index (κ3) is 4.42. The van der Waals surface area contributed by atoms with Crippen molar-refractivity contribution < 1.29 is 13.2 Å². The molecule has 7 heteroatoms. The molecule has 0 aliphatic carbocycles. The van der Waals surface area contributed by atoms with Gasteiger partial charge in [-0.3, -0.25) is 4.79 Å². The van der Waals surface area contributed by atoms with Crippen LogP contribution >= 0.6 is 15.9 Å². The molecule has 1 aliphatic heterocycles. The summed E-state index contributed by atoms with van der Waals surface area (Å²) in [4.78, 5) is 14.6. The van der Waals surface area contributed by atoms with Gasteiger partial charge in [0, 0.05) is 36.2 Å². The molecule has 2 aromatic rings. The van der Waals surface area contributed by atoms with Gasteiger partial charge in [0.15, 0.2) is 0 Å². The number of rotatable bonds is 4. The molecule has 3 rings (SSSR count). The number of nitrogens with zero attached hydrogens (tertiary/aromatic N) is 2. The number of amides is 1.